The van der Waals surface area contributed by atoms with Gasteiger partial charge < -0.3 is 31.5 Å². The molecular formula is C28H28ClN9O. The van der Waals surface area contributed by atoms with Crippen LogP contribution in [0.25, 0.3) is 0 Å². The fraction of sp³-hybridized carbons (Fsp3) is 0.214. The second-order valence-electron chi connectivity index (χ2n) is 9.56. The van der Waals surface area contributed by atoms with Gasteiger partial charge in [-0.1, -0.05) is 23.7 Å². The van der Waals surface area contributed by atoms with E-state index < -0.39 is 0 Å². The normalized spacial score (nSPS) is 14.7. The lowest BCUT2D eigenvalue weighted by atomic mass is 10.0. The summed E-state index contributed by atoms with van der Waals surface area (Å²) in [6.45, 7) is 2.65. The van der Waals surface area contributed by atoms with Crippen LogP contribution in [0, 0.1) is 0 Å². The van der Waals surface area contributed by atoms with Crippen LogP contribution in [-0.2, 0) is 12.8 Å². The molecule has 5 N–H and O–H groups in total. The Kier molecular flexibility index (Phi) is 6.76. The Balaban J connectivity index is 1.22. The summed E-state index contributed by atoms with van der Waals surface area (Å²) in [5.41, 5.74) is 12.3. The van der Waals surface area contributed by atoms with Gasteiger partial charge in [0.1, 0.15) is 5.02 Å². The number of hydrogen-bond donors (Lipinski definition) is 4. The first kappa shape index (κ1) is 24.7. The molecule has 11 heteroatoms. The maximum absolute atomic E-state index is 13.3. The average molecular weight is 542 g/mol. The van der Waals surface area contributed by atoms with Crippen molar-refractivity contribution in [1.82, 2.24) is 19.9 Å². The molecule has 6 rings (SSSR count). The summed E-state index contributed by atoms with van der Waals surface area (Å²) in [7, 11) is 0. The predicted octanol–water partition coefficient (Wildman–Crippen LogP) is 5.05. The number of aromatic nitrogens is 3. The van der Waals surface area contributed by atoms with Crippen molar-refractivity contribution < 1.29 is 4.79 Å². The number of carbonyl (C=O) groups is 1. The molecule has 2 aliphatic heterocycles. The highest BCUT2D eigenvalue weighted by molar-refractivity contribution is 6.32. The molecule has 4 aromatic rings. The Morgan fingerprint density at radius 3 is 2.64 bits per heavy atom. The van der Waals surface area contributed by atoms with Crippen molar-refractivity contribution in [2.75, 3.05) is 52.8 Å². The number of benzene rings is 2. The highest BCUT2D eigenvalue weighted by Crippen LogP contribution is 2.30. The van der Waals surface area contributed by atoms with Gasteiger partial charge in [-0.2, -0.15) is 4.98 Å². The molecule has 39 heavy (non-hydrogen) atoms. The number of halogens is 1. The van der Waals surface area contributed by atoms with Crippen molar-refractivity contribution in [3.8, 4) is 0 Å². The number of aryl methyl sites for hydroxylation is 2. The molecular weight excluding hydrogens is 514 g/mol. The first-order valence-corrected chi connectivity index (χ1v) is 13.2. The van der Waals surface area contributed by atoms with Crippen molar-refractivity contribution in [2.45, 2.75) is 12.8 Å². The van der Waals surface area contributed by atoms with Crippen LogP contribution < -0.4 is 26.6 Å². The molecule has 2 aromatic carbocycles. The number of nitrogens with one attached hydrogen (secondary N) is 3. The highest BCUT2D eigenvalue weighted by atomic mass is 35.5. The van der Waals surface area contributed by atoms with Gasteiger partial charge in [0.05, 0.1) is 29.5 Å². The van der Waals surface area contributed by atoms with E-state index in [1.54, 1.807) is 12.4 Å². The van der Waals surface area contributed by atoms with Crippen LogP contribution in [0.15, 0.2) is 67.1 Å². The zero-order chi connectivity index (χ0) is 26.8. The molecule has 2 aromatic heterocycles. The van der Waals surface area contributed by atoms with Crippen LogP contribution >= 0.6 is 11.6 Å². The highest BCUT2D eigenvalue weighted by Gasteiger charge is 2.23. The van der Waals surface area contributed by atoms with Gasteiger partial charge in [0.2, 0.25) is 5.95 Å². The maximum atomic E-state index is 13.3. The maximum Gasteiger partial charge on any atom is 0.321 e. The Morgan fingerprint density at radius 1 is 0.949 bits per heavy atom. The van der Waals surface area contributed by atoms with Crippen LogP contribution in [0.4, 0.5) is 45.0 Å². The second kappa shape index (κ2) is 10.7. The summed E-state index contributed by atoms with van der Waals surface area (Å²) in [6, 6.07) is 15.6. The number of para-hydroxylation sites is 2. The van der Waals surface area contributed by atoms with E-state index >= 15 is 0 Å². The lowest BCUT2D eigenvalue weighted by molar-refractivity contribution is 0.208. The molecule has 0 spiro atoms. The first-order valence-electron chi connectivity index (χ1n) is 12.8. The SMILES string of the molecule is Nc1ccccc1N1CCN(C(=O)Nc2ccc3cc2CCc2cncc(c2)Nc2ncc(Cl)c(n2)N3)CC1. The zero-order valence-corrected chi connectivity index (χ0v) is 21.9. The lowest BCUT2D eigenvalue weighted by Crippen LogP contribution is -2.50. The van der Waals surface area contributed by atoms with E-state index in [-0.39, 0.29) is 6.03 Å². The molecule has 10 nitrogen and oxygen atoms in total. The molecule has 2 amide bonds. The van der Waals surface area contributed by atoms with Gasteiger partial charge in [-0.15, -0.1) is 0 Å². The minimum atomic E-state index is -0.119. The summed E-state index contributed by atoms with van der Waals surface area (Å²) in [5.74, 6) is 0.899. The van der Waals surface area contributed by atoms with E-state index in [4.69, 9.17) is 17.3 Å². The number of hydrogen-bond acceptors (Lipinski definition) is 8. The molecule has 4 heterocycles. The largest absolute Gasteiger partial charge is 0.397 e. The topological polar surface area (TPSA) is 124 Å². The number of pyridine rings is 1. The Labute approximate surface area is 231 Å². The third-order valence-corrected chi connectivity index (χ3v) is 7.21. The summed E-state index contributed by atoms with van der Waals surface area (Å²) < 4.78 is 0. The molecule has 0 saturated carbocycles. The Morgan fingerprint density at radius 2 is 1.79 bits per heavy atom. The monoisotopic (exact) mass is 541 g/mol. The van der Waals surface area contributed by atoms with Gasteiger partial charge in [0.25, 0.3) is 0 Å². The number of fused-ring (bicyclic) bond motifs is 6. The second-order valence-corrected chi connectivity index (χ2v) is 9.96. The van der Waals surface area contributed by atoms with Gasteiger partial charge in [0.15, 0.2) is 5.82 Å². The third-order valence-electron chi connectivity index (χ3n) is 6.93. The van der Waals surface area contributed by atoms with Gasteiger partial charge in [-0.3, -0.25) is 4.98 Å². The van der Waals surface area contributed by atoms with Crippen LogP contribution in [0.5, 0.6) is 0 Å². The smallest absolute Gasteiger partial charge is 0.321 e. The van der Waals surface area contributed by atoms with E-state index in [0.717, 1.165) is 59.1 Å². The van der Waals surface area contributed by atoms with E-state index in [9.17, 15) is 4.79 Å². The number of nitrogens with zero attached hydrogens (tertiary/aromatic N) is 5. The van der Waals surface area contributed by atoms with Crippen LogP contribution in [0.2, 0.25) is 5.02 Å². The van der Waals surface area contributed by atoms with Crippen molar-refractivity contribution in [1.29, 1.82) is 0 Å². The first-order chi connectivity index (χ1) is 19.0. The summed E-state index contributed by atoms with van der Waals surface area (Å²) in [5, 5.41) is 10.0. The minimum absolute atomic E-state index is 0.119. The van der Waals surface area contributed by atoms with Crippen molar-refractivity contribution >= 4 is 57.8 Å². The number of nitrogen functional groups attached to an aromatic ring is 1. The zero-order valence-electron chi connectivity index (χ0n) is 21.2. The molecule has 0 atom stereocenters. The number of rotatable bonds is 2. The van der Waals surface area contributed by atoms with Crippen LogP contribution in [0.3, 0.4) is 0 Å². The standard InChI is InChI=1S/C28H28ClN9O/c29-22-17-32-27-34-21-13-18(15-31-16-21)5-6-19-14-20(33-26(22)36-27)7-8-24(19)35-28(39)38-11-9-37(10-12-38)25-4-2-1-3-23(25)30/h1-4,7-8,13-17H,5-6,9-12,30H2,(H,35,39)(H2,32,33,34,36). The summed E-state index contributed by atoms with van der Waals surface area (Å²) in [4.78, 5) is 30.5. The van der Waals surface area contributed by atoms with Crippen molar-refractivity contribution in [3.05, 3.63) is 83.3 Å². The van der Waals surface area contributed by atoms with Gasteiger partial charge in [-0.25, -0.2) is 9.78 Å². The lowest BCUT2D eigenvalue weighted by Gasteiger charge is -2.36. The Bertz CT molecular complexity index is 1520. The Hall–Kier alpha value is -4.57. The van der Waals surface area contributed by atoms with Gasteiger partial charge in [0, 0.05) is 43.8 Å². The number of nitrogens with two attached hydrogens (primary N) is 1. The van der Waals surface area contributed by atoms with E-state index in [2.05, 4.69) is 35.8 Å². The molecule has 2 aliphatic rings. The summed E-state index contributed by atoms with van der Waals surface area (Å²) >= 11 is 6.38. The fourth-order valence-corrected chi connectivity index (χ4v) is 5.01. The van der Waals surface area contributed by atoms with Crippen molar-refractivity contribution in [2.24, 2.45) is 0 Å². The fourth-order valence-electron chi connectivity index (χ4n) is 4.87. The van der Waals surface area contributed by atoms with E-state index in [0.29, 0.717) is 36.3 Å². The van der Waals surface area contributed by atoms with Gasteiger partial charge in [-0.05, 0) is 60.4 Å². The molecule has 1 saturated heterocycles. The van der Waals surface area contributed by atoms with Crippen LogP contribution in [-0.4, -0.2) is 52.1 Å². The minimum Gasteiger partial charge on any atom is -0.397 e. The molecule has 6 bridgehead atoms. The molecule has 0 radical (unpaired) electrons. The molecule has 0 aliphatic carbocycles. The van der Waals surface area contributed by atoms with E-state index in [1.165, 1.54) is 0 Å². The molecule has 198 valence electrons. The molecule has 0 unspecified atom stereocenters. The summed E-state index contributed by atoms with van der Waals surface area (Å²) in [6.07, 6.45) is 6.57. The number of piperazine rings is 1. The quantitative estimate of drug-likeness (QED) is 0.260. The number of carbonyl (C=O) groups excluding carboxylic acids is 1. The van der Waals surface area contributed by atoms with Gasteiger partial charge >= 0.3 is 6.03 Å². The van der Waals surface area contributed by atoms with Crippen molar-refractivity contribution in [3.63, 3.8) is 0 Å². The average Bonchev–Trinajstić information content (AvgIpc) is 2.95. The number of anilines is 7. The van der Waals surface area contributed by atoms with E-state index in [1.807, 2.05) is 59.6 Å². The number of urea groups is 1. The number of amides is 2. The van der Waals surface area contributed by atoms with Crippen LogP contribution in [0.1, 0.15) is 11.1 Å². The molecule has 1 fully saturated rings. The predicted molar refractivity (Wildman–Crippen MR) is 155 cm³/mol. The third kappa shape index (κ3) is 5.51.